The third-order valence-corrected chi connectivity index (χ3v) is 9.69. The smallest absolute Gasteiger partial charge is 0.282 e. The van der Waals surface area contributed by atoms with Crippen LogP contribution in [0.2, 0.25) is 0 Å². The third-order valence-electron chi connectivity index (χ3n) is 9.69. The number of hydrogen-bond donors (Lipinski definition) is 0. The average molecular weight is 603 g/mol. The fourth-order valence-electron chi connectivity index (χ4n) is 6.40. The first kappa shape index (κ1) is 41.8. The van der Waals surface area contributed by atoms with Gasteiger partial charge in [0, 0.05) is 55.5 Å². The molecule has 0 aliphatic heterocycles. The molecule has 42 heavy (non-hydrogen) atoms. The lowest BCUT2D eigenvalue weighted by Gasteiger charge is -2.28. The van der Waals surface area contributed by atoms with Crippen LogP contribution in [0.5, 0.6) is 0 Å². The number of hydrogen-bond acceptors (Lipinski definition) is 6. The molecule has 0 saturated heterocycles. The van der Waals surface area contributed by atoms with Gasteiger partial charge >= 0.3 is 0 Å². The SMILES string of the molecule is CCC(CCCCCCCCCC(OC)(OC)OC)CCCCC(CC)CCCCCCCCCC(OC)(OC)OC. The highest BCUT2D eigenvalue weighted by Crippen LogP contribution is 2.26. The van der Waals surface area contributed by atoms with E-state index < -0.39 is 11.9 Å². The largest absolute Gasteiger partial charge is 0.331 e. The molecule has 0 aliphatic rings. The molecule has 2 unspecified atom stereocenters. The van der Waals surface area contributed by atoms with Gasteiger partial charge in [-0.3, -0.25) is 0 Å². The van der Waals surface area contributed by atoms with Gasteiger partial charge in [0.05, 0.1) is 0 Å². The Morgan fingerprint density at radius 2 is 0.548 bits per heavy atom. The zero-order chi connectivity index (χ0) is 31.4. The Kier molecular flexibility index (Phi) is 28.1. The predicted octanol–water partition coefficient (Wildman–Crippen LogP) is 10.8. The van der Waals surface area contributed by atoms with Crippen molar-refractivity contribution in [1.82, 2.24) is 0 Å². The highest BCUT2D eigenvalue weighted by molar-refractivity contribution is 4.63. The van der Waals surface area contributed by atoms with E-state index in [-0.39, 0.29) is 0 Å². The molecule has 2 atom stereocenters. The van der Waals surface area contributed by atoms with Gasteiger partial charge in [0.15, 0.2) is 0 Å². The molecular formula is C36H74O6. The van der Waals surface area contributed by atoms with Gasteiger partial charge in [0.2, 0.25) is 0 Å². The van der Waals surface area contributed by atoms with Gasteiger partial charge in [-0.25, -0.2) is 0 Å². The Labute approximate surface area is 262 Å². The molecule has 0 fully saturated rings. The van der Waals surface area contributed by atoms with E-state index in [1.165, 1.54) is 128 Å². The van der Waals surface area contributed by atoms with Gasteiger partial charge in [0.1, 0.15) is 0 Å². The lowest BCUT2D eigenvalue weighted by molar-refractivity contribution is -0.355. The van der Waals surface area contributed by atoms with Crippen LogP contribution in [0.4, 0.5) is 0 Å². The van der Waals surface area contributed by atoms with E-state index in [2.05, 4.69) is 13.8 Å². The van der Waals surface area contributed by atoms with Crippen LogP contribution in [0.3, 0.4) is 0 Å². The summed E-state index contributed by atoms with van der Waals surface area (Å²) in [6.45, 7) is 4.79. The van der Waals surface area contributed by atoms with Crippen molar-refractivity contribution in [3.8, 4) is 0 Å². The topological polar surface area (TPSA) is 55.4 Å². The Bertz CT molecular complexity index is 484. The van der Waals surface area contributed by atoms with E-state index in [0.717, 1.165) is 37.5 Å². The maximum absolute atomic E-state index is 5.38. The van der Waals surface area contributed by atoms with Crippen LogP contribution in [-0.2, 0) is 28.4 Å². The first-order valence-corrected chi connectivity index (χ1v) is 17.7. The molecule has 0 bridgehead atoms. The van der Waals surface area contributed by atoms with Gasteiger partial charge in [-0.15, -0.1) is 0 Å². The standard InChI is InChI=1S/C36H74O6/c1-9-33(27-21-17-13-11-15-19-25-31-35(37-3,38-4)39-5)29-23-24-30-34(10-2)28-22-18-14-12-16-20-26-32-36(40-6,41-7)42-8/h33-34H,9-32H2,1-8H3. The molecule has 0 aromatic heterocycles. The summed E-state index contributed by atoms with van der Waals surface area (Å²) in [7, 11) is 9.87. The Morgan fingerprint density at radius 1 is 0.333 bits per heavy atom. The van der Waals surface area contributed by atoms with Crippen LogP contribution in [0.15, 0.2) is 0 Å². The second-order valence-electron chi connectivity index (χ2n) is 12.5. The summed E-state index contributed by atoms with van der Waals surface area (Å²) >= 11 is 0. The van der Waals surface area contributed by atoms with Crippen molar-refractivity contribution < 1.29 is 28.4 Å². The molecule has 0 aliphatic carbocycles. The summed E-state index contributed by atoms with van der Waals surface area (Å²) in [5.41, 5.74) is 0. The second-order valence-corrected chi connectivity index (χ2v) is 12.5. The number of rotatable bonds is 33. The molecule has 0 heterocycles. The van der Waals surface area contributed by atoms with E-state index in [9.17, 15) is 0 Å². The second kappa shape index (κ2) is 28.2. The fraction of sp³-hybridized carbons (Fsp3) is 1.00. The Morgan fingerprint density at radius 3 is 0.786 bits per heavy atom. The zero-order valence-electron chi connectivity index (χ0n) is 29.6. The van der Waals surface area contributed by atoms with Crippen molar-refractivity contribution in [1.29, 1.82) is 0 Å². The summed E-state index contributed by atoms with van der Waals surface area (Å²) in [4.78, 5) is 0. The van der Waals surface area contributed by atoms with Crippen LogP contribution in [0.1, 0.15) is 168 Å². The van der Waals surface area contributed by atoms with Gasteiger partial charge < -0.3 is 28.4 Å². The lowest BCUT2D eigenvalue weighted by atomic mass is 9.89. The minimum atomic E-state index is -0.858. The van der Waals surface area contributed by atoms with Gasteiger partial charge in [0.25, 0.3) is 11.9 Å². The minimum absolute atomic E-state index is 0.789. The fourth-order valence-corrected chi connectivity index (χ4v) is 6.40. The van der Waals surface area contributed by atoms with E-state index >= 15 is 0 Å². The van der Waals surface area contributed by atoms with Crippen LogP contribution in [-0.4, -0.2) is 54.6 Å². The first-order valence-electron chi connectivity index (χ1n) is 17.7. The van der Waals surface area contributed by atoms with Crippen LogP contribution >= 0.6 is 0 Å². The monoisotopic (exact) mass is 603 g/mol. The van der Waals surface area contributed by atoms with Crippen molar-refractivity contribution in [2.24, 2.45) is 11.8 Å². The van der Waals surface area contributed by atoms with E-state index in [4.69, 9.17) is 28.4 Å². The number of unbranched alkanes of at least 4 members (excludes halogenated alkanes) is 13. The predicted molar refractivity (Wildman–Crippen MR) is 177 cm³/mol. The van der Waals surface area contributed by atoms with Gasteiger partial charge in [-0.05, 0) is 24.7 Å². The van der Waals surface area contributed by atoms with E-state index in [1.807, 2.05) is 0 Å². The molecule has 254 valence electrons. The van der Waals surface area contributed by atoms with Crippen molar-refractivity contribution in [3.63, 3.8) is 0 Å². The molecule has 0 spiro atoms. The number of ether oxygens (including phenoxy) is 6. The molecule has 0 aromatic rings. The number of methoxy groups -OCH3 is 6. The molecule has 0 aromatic carbocycles. The molecule has 6 nitrogen and oxygen atoms in total. The third kappa shape index (κ3) is 19.9. The quantitative estimate of drug-likeness (QED) is 0.0550. The van der Waals surface area contributed by atoms with Crippen molar-refractivity contribution >= 4 is 0 Å². The summed E-state index contributed by atoms with van der Waals surface area (Å²) in [5, 5.41) is 0. The molecule has 0 radical (unpaired) electrons. The van der Waals surface area contributed by atoms with Gasteiger partial charge in [-0.1, -0.05) is 142 Å². The first-order chi connectivity index (χ1) is 20.4. The molecule has 0 amide bonds. The molecule has 6 heteroatoms. The van der Waals surface area contributed by atoms with Crippen LogP contribution < -0.4 is 0 Å². The zero-order valence-corrected chi connectivity index (χ0v) is 29.6. The Balaban J connectivity index is 3.73. The normalized spacial score (nSPS) is 14.0. The van der Waals surface area contributed by atoms with Crippen LogP contribution in [0, 0.1) is 11.8 Å². The van der Waals surface area contributed by atoms with Crippen molar-refractivity contribution in [2.45, 2.75) is 180 Å². The summed E-state index contributed by atoms with van der Waals surface area (Å²) in [6, 6.07) is 0. The van der Waals surface area contributed by atoms with Crippen molar-refractivity contribution in [3.05, 3.63) is 0 Å². The minimum Gasteiger partial charge on any atom is -0.331 e. The lowest BCUT2D eigenvalue weighted by Crippen LogP contribution is -2.35. The van der Waals surface area contributed by atoms with E-state index in [0.29, 0.717) is 0 Å². The highest BCUT2D eigenvalue weighted by atomic mass is 16.9. The highest BCUT2D eigenvalue weighted by Gasteiger charge is 2.29. The maximum Gasteiger partial charge on any atom is 0.282 e. The summed E-state index contributed by atoms with van der Waals surface area (Å²) in [6.07, 6.45) is 31.1. The molecule has 0 rings (SSSR count). The van der Waals surface area contributed by atoms with Gasteiger partial charge in [-0.2, -0.15) is 0 Å². The summed E-state index contributed by atoms with van der Waals surface area (Å²) in [5.74, 6) is 0.154. The average Bonchev–Trinajstić information content (AvgIpc) is 3.03. The van der Waals surface area contributed by atoms with E-state index in [1.54, 1.807) is 42.7 Å². The molecule has 0 N–H and O–H groups in total. The maximum atomic E-state index is 5.38. The summed E-state index contributed by atoms with van der Waals surface area (Å²) < 4.78 is 32.3. The molecule has 0 saturated carbocycles. The van der Waals surface area contributed by atoms with Crippen LogP contribution in [0.25, 0.3) is 0 Å². The van der Waals surface area contributed by atoms with Crippen molar-refractivity contribution in [2.75, 3.05) is 42.7 Å². The Hall–Kier alpha value is -0.240. The molecular weight excluding hydrogens is 528 g/mol.